The topological polar surface area (TPSA) is 72.8 Å². The predicted octanol–water partition coefficient (Wildman–Crippen LogP) is 3.89. The van der Waals surface area contributed by atoms with Crippen molar-refractivity contribution in [3.05, 3.63) is 29.6 Å². The molecular weight excluding hydrogens is 381 g/mol. The molecule has 0 saturated carbocycles. The quantitative estimate of drug-likeness (QED) is 0.718. The van der Waals surface area contributed by atoms with Gasteiger partial charge in [0, 0.05) is 13.1 Å². The van der Waals surface area contributed by atoms with Crippen molar-refractivity contribution >= 4 is 17.3 Å². The minimum atomic E-state index is -1.33. The Hall–Kier alpha value is -1.31. The number of aryl methyl sites for hydroxylation is 1. The Balaban J connectivity index is 1.74. The van der Waals surface area contributed by atoms with Crippen molar-refractivity contribution in [3.8, 4) is 0 Å². The smallest absolute Gasteiger partial charge is 0.410 e. The standard InChI is InChI=1S/C21H32FNO4S/c1-21(2,3)27-20(25)23-12-10-16(11-13-23)18(24)7-5-6-15-8-9-19(28(4)26)17(22)14-15/h8-9,14,16,18,24H,5-7,10-13H2,1-4H3. The monoisotopic (exact) mass is 413 g/mol. The largest absolute Gasteiger partial charge is 0.612 e. The van der Waals surface area contributed by atoms with Gasteiger partial charge in [-0.1, -0.05) is 6.07 Å². The maximum Gasteiger partial charge on any atom is 0.410 e. The average molecular weight is 414 g/mol. The van der Waals surface area contributed by atoms with Crippen LogP contribution in [0.2, 0.25) is 0 Å². The fraction of sp³-hybridized carbons (Fsp3) is 0.667. The second kappa shape index (κ2) is 9.94. The van der Waals surface area contributed by atoms with Gasteiger partial charge in [0.2, 0.25) is 0 Å². The summed E-state index contributed by atoms with van der Waals surface area (Å²) in [6.45, 7) is 6.74. The fourth-order valence-corrected chi connectivity index (χ4v) is 4.07. The zero-order valence-electron chi connectivity index (χ0n) is 17.2. The number of carbonyl (C=O) groups excluding carboxylic acids is 1. The lowest BCUT2D eigenvalue weighted by Crippen LogP contribution is -2.43. The molecule has 0 bridgehead atoms. The van der Waals surface area contributed by atoms with E-state index in [9.17, 15) is 18.8 Å². The minimum Gasteiger partial charge on any atom is -0.612 e. The highest BCUT2D eigenvalue weighted by Gasteiger charge is 2.29. The highest BCUT2D eigenvalue weighted by atomic mass is 32.2. The molecule has 2 atom stereocenters. The van der Waals surface area contributed by atoms with Crippen LogP contribution in [0.25, 0.3) is 0 Å². The van der Waals surface area contributed by atoms with Crippen LogP contribution in [0.4, 0.5) is 9.18 Å². The molecule has 0 spiro atoms. The number of benzene rings is 1. The molecule has 1 heterocycles. The molecule has 0 radical (unpaired) electrons. The van der Waals surface area contributed by atoms with Gasteiger partial charge in [-0.05, 0) is 87.7 Å². The summed E-state index contributed by atoms with van der Waals surface area (Å²) >= 11 is -1.33. The molecule has 1 saturated heterocycles. The number of hydrogen-bond donors (Lipinski definition) is 1. The molecule has 1 amide bonds. The lowest BCUT2D eigenvalue weighted by Gasteiger charge is -2.35. The van der Waals surface area contributed by atoms with E-state index in [2.05, 4.69) is 0 Å². The van der Waals surface area contributed by atoms with Crippen molar-refractivity contribution in [1.82, 2.24) is 4.90 Å². The fourth-order valence-electron chi connectivity index (χ4n) is 3.48. The molecule has 2 unspecified atom stereocenters. The summed E-state index contributed by atoms with van der Waals surface area (Å²) in [5.74, 6) is -0.270. The van der Waals surface area contributed by atoms with Gasteiger partial charge in [0.1, 0.15) is 11.9 Å². The number of hydrogen-bond acceptors (Lipinski definition) is 4. The molecule has 0 aromatic heterocycles. The summed E-state index contributed by atoms with van der Waals surface area (Å²) in [6.07, 6.45) is 4.32. The van der Waals surface area contributed by atoms with Crippen LogP contribution in [0.3, 0.4) is 0 Å². The summed E-state index contributed by atoms with van der Waals surface area (Å²) in [7, 11) is 0. The van der Waals surface area contributed by atoms with Crippen LogP contribution < -0.4 is 0 Å². The average Bonchev–Trinajstić information content (AvgIpc) is 2.60. The van der Waals surface area contributed by atoms with Gasteiger partial charge in [-0.15, -0.1) is 0 Å². The molecule has 2 rings (SSSR count). The molecule has 0 aliphatic carbocycles. The summed E-state index contributed by atoms with van der Waals surface area (Å²) in [5, 5.41) is 10.5. The van der Waals surface area contributed by atoms with E-state index in [0.717, 1.165) is 24.8 Å². The highest BCUT2D eigenvalue weighted by molar-refractivity contribution is 7.90. The van der Waals surface area contributed by atoms with Crippen molar-refractivity contribution < 1.29 is 23.6 Å². The molecule has 5 nitrogen and oxygen atoms in total. The first-order valence-electron chi connectivity index (χ1n) is 9.84. The first kappa shape index (κ1) is 23.0. The van der Waals surface area contributed by atoms with Gasteiger partial charge in [0.25, 0.3) is 0 Å². The first-order chi connectivity index (χ1) is 13.1. The van der Waals surface area contributed by atoms with Gasteiger partial charge in [-0.3, -0.25) is 0 Å². The minimum absolute atomic E-state index is 0.167. The number of aliphatic hydroxyl groups is 1. The molecule has 158 valence electrons. The van der Waals surface area contributed by atoms with Crippen molar-refractivity contribution in [2.24, 2.45) is 5.92 Å². The molecule has 1 fully saturated rings. The maximum atomic E-state index is 13.9. The number of rotatable bonds is 6. The molecule has 1 N–H and O–H groups in total. The van der Waals surface area contributed by atoms with Gasteiger partial charge >= 0.3 is 6.09 Å². The number of aliphatic hydroxyl groups excluding tert-OH is 1. The lowest BCUT2D eigenvalue weighted by molar-refractivity contribution is 0.00665. The van der Waals surface area contributed by atoms with Gasteiger partial charge in [0.15, 0.2) is 10.7 Å². The number of ether oxygens (including phenoxy) is 1. The van der Waals surface area contributed by atoms with Crippen LogP contribution in [0.1, 0.15) is 52.0 Å². The number of carbonyl (C=O) groups is 1. The van der Waals surface area contributed by atoms with Crippen LogP contribution in [0, 0.1) is 11.7 Å². The van der Waals surface area contributed by atoms with E-state index >= 15 is 0 Å². The molecule has 1 aliphatic heterocycles. The Kier molecular flexibility index (Phi) is 8.16. The molecule has 7 heteroatoms. The molecular formula is C21H32FNO4S. The lowest BCUT2D eigenvalue weighted by atomic mass is 9.88. The Morgan fingerprint density at radius 2 is 2.04 bits per heavy atom. The van der Waals surface area contributed by atoms with Crippen molar-refractivity contribution in [1.29, 1.82) is 0 Å². The zero-order valence-corrected chi connectivity index (χ0v) is 18.1. The second-order valence-corrected chi connectivity index (χ2v) is 9.83. The number of piperidine rings is 1. The first-order valence-corrected chi connectivity index (χ1v) is 11.4. The van der Waals surface area contributed by atoms with Gasteiger partial charge in [-0.2, -0.15) is 0 Å². The van der Waals surface area contributed by atoms with E-state index in [1.807, 2.05) is 20.8 Å². The van der Waals surface area contributed by atoms with E-state index < -0.39 is 28.7 Å². The summed E-state index contributed by atoms with van der Waals surface area (Å²) < 4.78 is 30.7. The van der Waals surface area contributed by atoms with Crippen LogP contribution in [0.15, 0.2) is 23.1 Å². The van der Waals surface area contributed by atoms with Crippen LogP contribution in [-0.2, 0) is 22.3 Å². The van der Waals surface area contributed by atoms with Gasteiger partial charge in [0.05, 0.1) is 6.10 Å². The van der Waals surface area contributed by atoms with E-state index in [1.54, 1.807) is 17.0 Å². The molecule has 1 aromatic rings. The van der Waals surface area contributed by atoms with E-state index in [4.69, 9.17) is 4.74 Å². The molecule has 28 heavy (non-hydrogen) atoms. The molecule has 1 aliphatic rings. The third-order valence-electron chi connectivity index (χ3n) is 5.01. The van der Waals surface area contributed by atoms with Crippen LogP contribution in [-0.4, -0.2) is 51.7 Å². The second-order valence-electron chi connectivity index (χ2n) is 8.48. The molecule has 1 aromatic carbocycles. The van der Waals surface area contributed by atoms with Crippen molar-refractivity contribution in [3.63, 3.8) is 0 Å². The van der Waals surface area contributed by atoms with Gasteiger partial charge < -0.3 is 19.3 Å². The van der Waals surface area contributed by atoms with Gasteiger partial charge in [-0.25, -0.2) is 9.18 Å². The number of likely N-dealkylation sites (tertiary alicyclic amines) is 1. The van der Waals surface area contributed by atoms with Crippen LogP contribution >= 0.6 is 0 Å². The Morgan fingerprint density at radius 3 is 2.57 bits per heavy atom. The van der Waals surface area contributed by atoms with Crippen molar-refractivity contribution in [2.45, 2.75) is 69.5 Å². The number of amides is 1. The van der Waals surface area contributed by atoms with E-state index in [1.165, 1.54) is 12.3 Å². The summed E-state index contributed by atoms with van der Waals surface area (Å²) in [6, 6.07) is 4.80. The maximum absolute atomic E-state index is 13.9. The van der Waals surface area contributed by atoms with E-state index in [-0.39, 0.29) is 16.9 Å². The Morgan fingerprint density at radius 1 is 1.39 bits per heavy atom. The predicted molar refractivity (Wildman–Crippen MR) is 108 cm³/mol. The normalized spacial score (nSPS) is 18.0. The van der Waals surface area contributed by atoms with Crippen molar-refractivity contribution in [2.75, 3.05) is 19.3 Å². The third kappa shape index (κ3) is 6.94. The summed E-state index contributed by atoms with van der Waals surface area (Å²) in [4.78, 5) is 14.0. The SMILES string of the molecule is C[S+]([O-])c1ccc(CCCC(O)C2CCN(C(=O)OC(C)(C)C)CC2)cc1F. The van der Waals surface area contributed by atoms with Crippen LogP contribution in [0.5, 0.6) is 0 Å². The van der Waals surface area contributed by atoms with E-state index in [0.29, 0.717) is 25.9 Å². The number of nitrogens with zero attached hydrogens (tertiary/aromatic N) is 1. The highest BCUT2D eigenvalue weighted by Crippen LogP contribution is 2.25. The third-order valence-corrected chi connectivity index (χ3v) is 5.96. The number of halogens is 1. The zero-order chi connectivity index (χ0) is 20.9. The Labute approximate surface area is 170 Å². The summed E-state index contributed by atoms with van der Waals surface area (Å²) in [5.41, 5.74) is 0.343. The Bertz CT molecular complexity index is 654.